The molecule has 0 fully saturated rings. The van der Waals surface area contributed by atoms with E-state index >= 15 is 0 Å². The van der Waals surface area contributed by atoms with Crippen molar-refractivity contribution in [1.29, 1.82) is 0 Å². The van der Waals surface area contributed by atoms with Crippen molar-refractivity contribution in [2.45, 2.75) is 33.1 Å². The smallest absolute Gasteiger partial charge is 0.215 e. The maximum absolute atomic E-state index is 11.9. The molecule has 0 heterocycles. The van der Waals surface area contributed by atoms with Crippen molar-refractivity contribution in [3.8, 4) is 0 Å². The summed E-state index contributed by atoms with van der Waals surface area (Å²) in [5.74, 6) is 0.356. The molecule has 4 nitrogen and oxygen atoms in total. The highest BCUT2D eigenvalue weighted by molar-refractivity contribution is 7.88. The van der Waals surface area contributed by atoms with E-state index in [1.54, 1.807) is 0 Å². The molecule has 1 aromatic carbocycles. The Bertz CT molecular complexity index is 484. The predicted octanol–water partition coefficient (Wildman–Crippen LogP) is 1.87. The summed E-state index contributed by atoms with van der Waals surface area (Å²) in [6.07, 6.45) is 0. The molecular formula is C14H24N2O2S. The second-order valence-electron chi connectivity index (χ2n) is 5.10. The number of rotatable bonds is 8. The molecule has 0 amide bonds. The third kappa shape index (κ3) is 6.71. The van der Waals surface area contributed by atoms with E-state index in [0.717, 1.165) is 24.2 Å². The van der Waals surface area contributed by atoms with Crippen LogP contribution < -0.4 is 10.0 Å². The van der Waals surface area contributed by atoms with Gasteiger partial charge in [0.15, 0.2) is 0 Å². The fourth-order valence-corrected chi connectivity index (χ4v) is 2.97. The average Bonchev–Trinajstić information content (AvgIpc) is 2.34. The molecule has 0 atom stereocenters. The standard InChI is InChI=1S/C14H24N2O2S/c1-4-15-10-13-6-5-7-14(8-13)11-19(17,18)16-9-12(2)3/h5-8,12,15-16H,4,9-11H2,1-3H3. The summed E-state index contributed by atoms with van der Waals surface area (Å²) in [7, 11) is -3.24. The van der Waals surface area contributed by atoms with Gasteiger partial charge in [-0.2, -0.15) is 0 Å². The second kappa shape index (κ2) is 7.62. The highest BCUT2D eigenvalue weighted by atomic mass is 32.2. The first-order valence-corrected chi connectivity index (χ1v) is 8.34. The van der Waals surface area contributed by atoms with E-state index in [-0.39, 0.29) is 5.75 Å². The molecule has 2 N–H and O–H groups in total. The second-order valence-corrected chi connectivity index (χ2v) is 6.91. The summed E-state index contributed by atoms with van der Waals surface area (Å²) in [6, 6.07) is 7.70. The van der Waals surface area contributed by atoms with Gasteiger partial charge in [0.05, 0.1) is 5.75 Å². The van der Waals surface area contributed by atoms with Gasteiger partial charge in [0.25, 0.3) is 0 Å². The lowest BCUT2D eigenvalue weighted by Crippen LogP contribution is -2.28. The molecule has 5 heteroatoms. The Labute approximate surface area is 116 Å². The van der Waals surface area contributed by atoms with Gasteiger partial charge in [-0.05, 0) is 23.6 Å². The van der Waals surface area contributed by atoms with Crippen LogP contribution in [0.2, 0.25) is 0 Å². The Balaban J connectivity index is 2.65. The maximum Gasteiger partial charge on any atom is 0.215 e. The van der Waals surface area contributed by atoms with Crippen LogP contribution in [-0.2, 0) is 22.3 Å². The zero-order valence-electron chi connectivity index (χ0n) is 11.9. The van der Waals surface area contributed by atoms with Crippen LogP contribution in [0.5, 0.6) is 0 Å². The minimum absolute atomic E-state index is 0.0414. The first-order valence-electron chi connectivity index (χ1n) is 6.69. The van der Waals surface area contributed by atoms with Gasteiger partial charge in [-0.15, -0.1) is 0 Å². The molecule has 0 aromatic heterocycles. The lowest BCUT2D eigenvalue weighted by molar-refractivity contribution is 0.559. The third-order valence-corrected chi connectivity index (χ3v) is 3.96. The summed E-state index contributed by atoms with van der Waals surface area (Å²) in [5.41, 5.74) is 1.94. The Kier molecular flexibility index (Phi) is 6.48. The van der Waals surface area contributed by atoms with E-state index in [1.807, 2.05) is 45.0 Å². The highest BCUT2D eigenvalue weighted by Gasteiger charge is 2.11. The molecule has 0 aliphatic rings. The monoisotopic (exact) mass is 284 g/mol. The Morgan fingerprint density at radius 3 is 2.53 bits per heavy atom. The quantitative estimate of drug-likeness (QED) is 0.766. The first kappa shape index (κ1) is 16.1. The summed E-state index contributed by atoms with van der Waals surface area (Å²) < 4.78 is 26.4. The van der Waals surface area contributed by atoms with Gasteiger partial charge < -0.3 is 5.32 Å². The van der Waals surface area contributed by atoms with Crippen LogP contribution in [0.3, 0.4) is 0 Å². The summed E-state index contributed by atoms with van der Waals surface area (Å²) in [5, 5.41) is 3.23. The van der Waals surface area contributed by atoms with E-state index < -0.39 is 10.0 Å². The normalized spacial score (nSPS) is 12.0. The molecule has 19 heavy (non-hydrogen) atoms. The molecule has 0 saturated heterocycles. The molecular weight excluding hydrogens is 260 g/mol. The van der Waals surface area contributed by atoms with E-state index in [4.69, 9.17) is 0 Å². The fraction of sp³-hybridized carbons (Fsp3) is 0.571. The molecule has 0 spiro atoms. The highest BCUT2D eigenvalue weighted by Crippen LogP contribution is 2.09. The summed E-state index contributed by atoms with van der Waals surface area (Å²) >= 11 is 0. The molecule has 1 aromatic rings. The average molecular weight is 284 g/mol. The zero-order valence-corrected chi connectivity index (χ0v) is 12.8. The Hall–Kier alpha value is -0.910. The van der Waals surface area contributed by atoms with E-state index in [0.29, 0.717) is 12.5 Å². The molecule has 1 rings (SSSR count). The van der Waals surface area contributed by atoms with Gasteiger partial charge in [0.2, 0.25) is 10.0 Å². The minimum atomic E-state index is -3.24. The molecule has 108 valence electrons. The van der Waals surface area contributed by atoms with Crippen molar-refractivity contribution in [2.24, 2.45) is 5.92 Å². The largest absolute Gasteiger partial charge is 0.313 e. The van der Waals surface area contributed by atoms with Gasteiger partial charge in [-0.25, -0.2) is 13.1 Å². The molecule has 0 radical (unpaired) electrons. The number of sulfonamides is 1. The van der Waals surface area contributed by atoms with Crippen LogP contribution in [0.25, 0.3) is 0 Å². The van der Waals surface area contributed by atoms with Crippen molar-refractivity contribution < 1.29 is 8.42 Å². The van der Waals surface area contributed by atoms with Crippen LogP contribution in [0.15, 0.2) is 24.3 Å². The maximum atomic E-state index is 11.9. The third-order valence-electron chi connectivity index (χ3n) is 2.64. The van der Waals surface area contributed by atoms with Gasteiger partial charge in [-0.1, -0.05) is 45.0 Å². The molecule has 0 aliphatic heterocycles. The molecule has 0 aliphatic carbocycles. The van der Waals surface area contributed by atoms with Crippen LogP contribution in [0.4, 0.5) is 0 Å². The number of hydrogen-bond acceptors (Lipinski definition) is 3. The van der Waals surface area contributed by atoms with Crippen molar-refractivity contribution in [3.05, 3.63) is 35.4 Å². The summed E-state index contributed by atoms with van der Waals surface area (Å²) in [4.78, 5) is 0. The lowest BCUT2D eigenvalue weighted by Gasteiger charge is -2.10. The van der Waals surface area contributed by atoms with Gasteiger partial charge >= 0.3 is 0 Å². The Morgan fingerprint density at radius 2 is 1.89 bits per heavy atom. The van der Waals surface area contributed by atoms with Gasteiger partial charge in [0.1, 0.15) is 0 Å². The number of hydrogen-bond donors (Lipinski definition) is 2. The SMILES string of the molecule is CCNCc1cccc(CS(=O)(=O)NCC(C)C)c1. The predicted molar refractivity (Wildman–Crippen MR) is 79.3 cm³/mol. The van der Waals surface area contributed by atoms with Crippen LogP contribution >= 0.6 is 0 Å². The minimum Gasteiger partial charge on any atom is -0.313 e. The van der Waals surface area contributed by atoms with Crippen molar-refractivity contribution in [2.75, 3.05) is 13.1 Å². The topological polar surface area (TPSA) is 58.2 Å². The van der Waals surface area contributed by atoms with Crippen LogP contribution in [-0.4, -0.2) is 21.5 Å². The first-order chi connectivity index (χ1) is 8.93. The zero-order chi connectivity index (χ0) is 14.3. The fourth-order valence-electron chi connectivity index (χ4n) is 1.66. The van der Waals surface area contributed by atoms with Crippen molar-refractivity contribution >= 4 is 10.0 Å². The van der Waals surface area contributed by atoms with Crippen LogP contribution in [0, 0.1) is 5.92 Å². The van der Waals surface area contributed by atoms with Gasteiger partial charge in [-0.3, -0.25) is 0 Å². The van der Waals surface area contributed by atoms with Crippen LogP contribution in [0.1, 0.15) is 31.9 Å². The molecule has 0 saturated carbocycles. The Morgan fingerprint density at radius 1 is 1.21 bits per heavy atom. The van der Waals surface area contributed by atoms with E-state index in [2.05, 4.69) is 10.0 Å². The number of benzene rings is 1. The lowest BCUT2D eigenvalue weighted by atomic mass is 10.1. The summed E-state index contributed by atoms with van der Waals surface area (Å²) in [6.45, 7) is 8.17. The van der Waals surface area contributed by atoms with E-state index in [1.165, 1.54) is 0 Å². The van der Waals surface area contributed by atoms with E-state index in [9.17, 15) is 8.42 Å². The van der Waals surface area contributed by atoms with Crippen molar-refractivity contribution in [1.82, 2.24) is 10.0 Å². The van der Waals surface area contributed by atoms with Crippen molar-refractivity contribution in [3.63, 3.8) is 0 Å². The number of nitrogens with one attached hydrogen (secondary N) is 2. The molecule has 0 bridgehead atoms. The molecule has 0 unspecified atom stereocenters. The van der Waals surface area contributed by atoms with Gasteiger partial charge in [0, 0.05) is 13.1 Å².